The van der Waals surface area contributed by atoms with E-state index in [0.29, 0.717) is 9.13 Å². The van der Waals surface area contributed by atoms with E-state index in [-0.39, 0.29) is 29.6 Å². The number of hydrogen-bond donors (Lipinski definition) is 7. The number of aliphatic hydroxyl groups is 7. The maximum Gasteiger partial charge on any atom is 1.00 e. The van der Waals surface area contributed by atoms with E-state index in [1.165, 1.54) is 0 Å². The maximum atomic E-state index is 12.5. The normalized spacial score (nSPS) is 38.4. The molecule has 0 bridgehead atoms. The minimum absolute atomic E-state index is 0. The number of aliphatic hydroxyl groups excluding tert-OH is 7. The molecule has 2 aliphatic heterocycles. The van der Waals surface area contributed by atoms with Crippen molar-refractivity contribution in [1.29, 1.82) is 0 Å². The topological polar surface area (TPSA) is 230 Å². The largest absolute Gasteiger partial charge is 1.00 e. The fraction of sp³-hybridized carbons (Fsp3) is 0.778. The molecule has 3 heterocycles. The molecule has 15 nitrogen and oxygen atoms in total. The zero-order chi connectivity index (χ0) is 24.8. The second kappa shape index (κ2) is 11.4. The molecule has 188 valence electrons. The molecule has 16 heteroatoms. The Balaban J connectivity index is 0.00000408. The average Bonchev–Trinajstić information content (AvgIpc) is 2.80. The van der Waals surface area contributed by atoms with Gasteiger partial charge < -0.3 is 59.5 Å². The molecule has 7 N–H and O–H groups in total. The summed E-state index contributed by atoms with van der Waals surface area (Å²) in [4.78, 5) is 37.0. The van der Waals surface area contributed by atoms with Crippen LogP contribution < -0.4 is 46.4 Å². The van der Waals surface area contributed by atoms with E-state index in [0.717, 1.165) is 14.1 Å². The van der Waals surface area contributed by atoms with E-state index in [1.807, 2.05) is 0 Å². The molecule has 0 amide bonds. The molecule has 2 fully saturated rings. The van der Waals surface area contributed by atoms with Crippen LogP contribution in [0.2, 0.25) is 0 Å². The first-order valence-corrected chi connectivity index (χ1v) is 10.0. The fourth-order valence-corrected chi connectivity index (χ4v) is 3.92. The van der Waals surface area contributed by atoms with Crippen LogP contribution >= 0.6 is 0 Å². The smallest absolute Gasteiger partial charge is 0.395 e. The molecule has 0 unspecified atom stereocenters. The molecule has 34 heavy (non-hydrogen) atoms. The zero-order valence-electron chi connectivity index (χ0n) is 18.7. The van der Waals surface area contributed by atoms with Crippen molar-refractivity contribution in [3.63, 3.8) is 0 Å². The van der Waals surface area contributed by atoms with Crippen LogP contribution in [0.25, 0.3) is 0 Å². The van der Waals surface area contributed by atoms with Crippen LogP contribution in [0.1, 0.15) is 11.7 Å². The van der Waals surface area contributed by atoms with Gasteiger partial charge in [-0.3, -0.25) is 9.13 Å². The number of aromatic nitrogens is 2. The number of rotatable bonds is 5. The van der Waals surface area contributed by atoms with Crippen LogP contribution in [-0.2, 0) is 28.3 Å². The Morgan fingerprint density at radius 2 is 1.32 bits per heavy atom. The van der Waals surface area contributed by atoms with E-state index < -0.39 is 96.8 Å². The van der Waals surface area contributed by atoms with Gasteiger partial charge in [0.15, 0.2) is 6.29 Å². The minimum atomic E-state index is -1.96. The predicted octanol–water partition coefficient (Wildman–Crippen LogP) is -9.49. The van der Waals surface area contributed by atoms with Gasteiger partial charge in [0.25, 0.3) is 0 Å². The summed E-state index contributed by atoms with van der Waals surface area (Å²) in [7, 11) is 2.21. The molecule has 1 aromatic rings. The van der Waals surface area contributed by atoms with Gasteiger partial charge in [0.2, 0.25) is 0 Å². The average molecular weight is 502 g/mol. The van der Waals surface area contributed by atoms with E-state index >= 15 is 0 Å². The summed E-state index contributed by atoms with van der Waals surface area (Å²) in [6.45, 7) is -1.59. The molecule has 10 atom stereocenters. The summed E-state index contributed by atoms with van der Waals surface area (Å²) in [6.07, 6.45) is -17.0. The van der Waals surface area contributed by atoms with Gasteiger partial charge in [-0.25, -0.2) is 4.79 Å². The van der Waals surface area contributed by atoms with Gasteiger partial charge in [-0.05, 0) is 6.10 Å². The molecule has 0 saturated carbocycles. The summed E-state index contributed by atoms with van der Waals surface area (Å²) in [5.41, 5.74) is -3.70. The predicted molar refractivity (Wildman–Crippen MR) is 104 cm³/mol. The molecule has 0 aliphatic carbocycles. The van der Waals surface area contributed by atoms with Crippen molar-refractivity contribution in [3.05, 3.63) is 36.8 Å². The molecular formula is C18H27N2NaO13. The van der Waals surface area contributed by atoms with E-state index in [2.05, 4.69) is 0 Å². The van der Waals surface area contributed by atoms with E-state index in [9.17, 15) is 50.1 Å². The monoisotopic (exact) mass is 502 g/mol. The van der Waals surface area contributed by atoms with Gasteiger partial charge in [-0.15, -0.1) is 0 Å². The van der Waals surface area contributed by atoms with Crippen molar-refractivity contribution >= 4 is 0 Å². The van der Waals surface area contributed by atoms with Crippen molar-refractivity contribution in [2.45, 2.75) is 61.2 Å². The van der Waals surface area contributed by atoms with Crippen LogP contribution in [0.3, 0.4) is 0 Å². The number of hydrogen-bond acceptors (Lipinski definition) is 13. The van der Waals surface area contributed by atoms with Crippen LogP contribution in [0, 0.1) is 0 Å². The van der Waals surface area contributed by atoms with Crippen molar-refractivity contribution in [1.82, 2.24) is 9.13 Å². The summed E-state index contributed by atoms with van der Waals surface area (Å²) in [5.74, 6) is 0. The first-order chi connectivity index (χ1) is 15.5. The third-order valence-corrected chi connectivity index (χ3v) is 5.93. The Hall–Kier alpha value is -0.920. The SMILES string of the molecule is Cn1c(=O)[c-]([C@@H]2O[C@H](CO)[C@@H](O[C@H]3O[C@H](CO)[C@@H](O)[C@H](O)[C@H]3O)[C@H](O)[C@H]2O)c(=O)n(C)c1=O.[Na+]. The molecule has 0 aromatic carbocycles. The van der Waals surface area contributed by atoms with E-state index in [4.69, 9.17) is 14.2 Å². The minimum Gasteiger partial charge on any atom is -0.395 e. The second-order valence-corrected chi connectivity index (χ2v) is 7.98. The summed E-state index contributed by atoms with van der Waals surface area (Å²) >= 11 is 0. The Morgan fingerprint density at radius 1 is 0.794 bits per heavy atom. The first kappa shape index (κ1) is 29.3. The summed E-state index contributed by atoms with van der Waals surface area (Å²) < 4.78 is 17.4. The summed E-state index contributed by atoms with van der Waals surface area (Å²) in [5, 5.41) is 70.2. The zero-order valence-corrected chi connectivity index (χ0v) is 20.7. The molecule has 1 aromatic heterocycles. The Morgan fingerprint density at radius 3 is 1.82 bits per heavy atom. The van der Waals surface area contributed by atoms with Gasteiger partial charge >= 0.3 is 35.2 Å². The Bertz CT molecular complexity index is 980. The van der Waals surface area contributed by atoms with Crippen molar-refractivity contribution in [2.24, 2.45) is 14.1 Å². The third kappa shape index (κ3) is 4.99. The van der Waals surface area contributed by atoms with E-state index in [1.54, 1.807) is 0 Å². The standard InChI is InChI=1S/C18H27N2O13.Na/c1-19-15(28)7(16(29)20(2)18(19)30)14-11(26)10(25)13(6(4-22)31-14)33-17-12(27)9(24)8(23)5(3-21)32-17;/h5-6,8-14,17,21-27H,3-4H2,1-2H3;/q-1;+1/t5-,6-,8-,9+,10-,11-,12-,13-,14+,17-;/m1./s1. The number of ether oxygens (including phenoxy) is 3. The quantitative estimate of drug-likeness (QED) is 0.147. The first-order valence-electron chi connectivity index (χ1n) is 10.0. The van der Waals surface area contributed by atoms with Gasteiger partial charge in [0, 0.05) is 14.1 Å². The molecule has 0 radical (unpaired) electrons. The van der Waals surface area contributed by atoms with Gasteiger partial charge in [0.1, 0.15) is 53.8 Å². The maximum absolute atomic E-state index is 12.5. The van der Waals surface area contributed by atoms with Crippen LogP contribution in [0.5, 0.6) is 0 Å². The van der Waals surface area contributed by atoms with Gasteiger partial charge in [-0.2, -0.15) is 5.56 Å². The molecule has 0 spiro atoms. The molecule has 2 saturated heterocycles. The van der Waals surface area contributed by atoms with Crippen LogP contribution in [0.15, 0.2) is 14.4 Å². The Kier molecular flexibility index (Phi) is 9.85. The molecule has 3 rings (SSSR count). The molecular weight excluding hydrogens is 475 g/mol. The van der Waals surface area contributed by atoms with Crippen LogP contribution in [0.4, 0.5) is 0 Å². The van der Waals surface area contributed by atoms with Gasteiger partial charge in [-0.1, -0.05) is 0 Å². The third-order valence-electron chi connectivity index (χ3n) is 5.93. The summed E-state index contributed by atoms with van der Waals surface area (Å²) in [6, 6.07) is 0. The van der Waals surface area contributed by atoms with Crippen molar-refractivity contribution in [3.8, 4) is 0 Å². The van der Waals surface area contributed by atoms with Crippen molar-refractivity contribution in [2.75, 3.05) is 13.2 Å². The second-order valence-electron chi connectivity index (χ2n) is 7.98. The van der Waals surface area contributed by atoms with Crippen LogP contribution in [-0.4, -0.2) is 113 Å². The molecule has 2 aliphatic rings. The number of nitrogens with zero attached hydrogens (tertiary/aromatic N) is 2. The Labute approximate surface area is 213 Å². The fourth-order valence-electron chi connectivity index (χ4n) is 3.92. The van der Waals surface area contributed by atoms with Gasteiger partial charge in [0.05, 0.1) is 19.3 Å². The van der Waals surface area contributed by atoms with Crippen molar-refractivity contribution < 1.29 is 79.5 Å².